The van der Waals surface area contributed by atoms with Gasteiger partial charge in [0.15, 0.2) is 5.78 Å². The van der Waals surface area contributed by atoms with Gasteiger partial charge in [-0.25, -0.2) is 4.39 Å². The van der Waals surface area contributed by atoms with Gasteiger partial charge in [-0.15, -0.1) is 0 Å². The van der Waals surface area contributed by atoms with Crippen molar-refractivity contribution in [1.82, 2.24) is 5.32 Å². The Morgan fingerprint density at radius 3 is 2.16 bits per heavy atom. The standard InChI is InChI=1S/C18H21FN2O.C5H12.C2H6.2H2O.H2/c1-4-17(19)10-18(5-2)21-12-16(11-20)15-8-6-7-14(9-15)13(3)22;1-4-5(2)3;1-2;;;/h4-10,12,21H,2,11,20H2,1,3H3;5H,4H2,1-3H3;1-2H3;2*1H2;1H/b16-12+,17-4+,18-10+;;;;;. The number of rotatable bonds is 8. The molecule has 0 unspecified atom stereocenters. The summed E-state index contributed by atoms with van der Waals surface area (Å²) in [5, 5.41) is 2.97. The summed E-state index contributed by atoms with van der Waals surface area (Å²) >= 11 is 0. The molecule has 5 nitrogen and oxygen atoms in total. The molecular weight excluding hydrogens is 395 g/mol. The topological polar surface area (TPSA) is 118 Å². The predicted octanol–water partition coefficient (Wildman–Crippen LogP) is 5.40. The molecule has 0 radical (unpaired) electrons. The maximum absolute atomic E-state index is 13.3. The van der Waals surface area contributed by atoms with Gasteiger partial charge < -0.3 is 22.0 Å². The largest absolute Gasteiger partial charge is 0.412 e. The van der Waals surface area contributed by atoms with E-state index in [1.165, 1.54) is 31.6 Å². The molecule has 1 aromatic carbocycles. The zero-order valence-corrected chi connectivity index (χ0v) is 20.2. The summed E-state index contributed by atoms with van der Waals surface area (Å²) < 4.78 is 13.3. The lowest BCUT2D eigenvalue weighted by molar-refractivity contribution is 0.101. The molecule has 0 aliphatic carbocycles. The third kappa shape index (κ3) is 16.9. The van der Waals surface area contributed by atoms with Crippen LogP contribution in [0, 0.1) is 5.92 Å². The van der Waals surface area contributed by atoms with Crippen LogP contribution in [-0.2, 0) is 0 Å². The van der Waals surface area contributed by atoms with E-state index >= 15 is 0 Å². The molecule has 1 rings (SSSR count). The van der Waals surface area contributed by atoms with Crippen LogP contribution in [0.2, 0.25) is 0 Å². The molecule has 1 aromatic rings. The highest BCUT2D eigenvalue weighted by Crippen LogP contribution is 2.15. The minimum absolute atomic E-state index is 0. The van der Waals surface area contributed by atoms with E-state index in [2.05, 4.69) is 32.7 Å². The quantitative estimate of drug-likeness (QED) is 0.416. The first kappa shape index (κ1) is 35.9. The molecule has 7 N–H and O–H groups in total. The Kier molecular flexibility index (Phi) is 25.6. The number of hydrogen-bond acceptors (Lipinski definition) is 3. The van der Waals surface area contributed by atoms with Crippen molar-refractivity contribution in [2.24, 2.45) is 11.7 Å². The van der Waals surface area contributed by atoms with Crippen LogP contribution in [-0.4, -0.2) is 23.3 Å². The van der Waals surface area contributed by atoms with Crippen LogP contribution in [0.4, 0.5) is 4.39 Å². The van der Waals surface area contributed by atoms with E-state index in [4.69, 9.17) is 5.73 Å². The van der Waals surface area contributed by atoms with Crippen LogP contribution in [0.1, 0.15) is 72.2 Å². The highest BCUT2D eigenvalue weighted by molar-refractivity contribution is 5.95. The van der Waals surface area contributed by atoms with Crippen LogP contribution in [0.3, 0.4) is 0 Å². The zero-order valence-electron chi connectivity index (χ0n) is 20.2. The van der Waals surface area contributed by atoms with E-state index in [9.17, 15) is 9.18 Å². The van der Waals surface area contributed by atoms with Crippen LogP contribution in [0.15, 0.2) is 66.8 Å². The molecule has 6 heteroatoms. The highest BCUT2D eigenvalue weighted by atomic mass is 19.1. The second-order valence-electron chi connectivity index (χ2n) is 6.43. The van der Waals surface area contributed by atoms with Gasteiger partial charge in [0.2, 0.25) is 0 Å². The Labute approximate surface area is 189 Å². The van der Waals surface area contributed by atoms with Crippen molar-refractivity contribution < 1.29 is 21.6 Å². The van der Waals surface area contributed by atoms with E-state index in [1.54, 1.807) is 31.3 Å². The van der Waals surface area contributed by atoms with Gasteiger partial charge in [0.05, 0.1) is 0 Å². The van der Waals surface area contributed by atoms with Crippen molar-refractivity contribution in [3.05, 3.63) is 77.9 Å². The average Bonchev–Trinajstić information content (AvgIpc) is 2.75. The molecule has 0 amide bonds. The summed E-state index contributed by atoms with van der Waals surface area (Å²) in [7, 11) is 0. The number of carbonyl (C=O) groups is 1. The first-order chi connectivity index (χ1) is 13.8. The highest BCUT2D eigenvalue weighted by Gasteiger charge is 2.04. The maximum Gasteiger partial charge on any atom is 0.159 e. The molecule has 180 valence electrons. The number of halogens is 1. The maximum atomic E-state index is 13.3. The minimum atomic E-state index is -0.358. The van der Waals surface area contributed by atoms with E-state index in [-0.39, 0.29) is 30.5 Å². The minimum Gasteiger partial charge on any atom is -0.412 e. The number of carbonyl (C=O) groups excluding carboxylic acids is 1. The van der Waals surface area contributed by atoms with Gasteiger partial charge in [-0.1, -0.05) is 71.9 Å². The number of nitrogens with two attached hydrogens (primary N) is 1. The molecule has 0 fully saturated rings. The van der Waals surface area contributed by atoms with E-state index in [0.29, 0.717) is 11.3 Å². The molecule has 31 heavy (non-hydrogen) atoms. The second kappa shape index (κ2) is 22.2. The van der Waals surface area contributed by atoms with Crippen molar-refractivity contribution in [1.29, 1.82) is 0 Å². The number of Topliss-reactive ketones (excluding diaryl/α,β-unsaturated/α-hetero) is 1. The smallest absolute Gasteiger partial charge is 0.159 e. The lowest BCUT2D eigenvalue weighted by Crippen LogP contribution is -2.09. The monoisotopic (exact) mass is 440 g/mol. The summed E-state index contributed by atoms with van der Waals surface area (Å²) in [6.45, 7) is 17.7. The molecule has 0 saturated carbocycles. The Balaban J connectivity index is -0.000000214. The van der Waals surface area contributed by atoms with Gasteiger partial charge in [-0.3, -0.25) is 4.79 Å². The van der Waals surface area contributed by atoms with Crippen molar-refractivity contribution in [2.75, 3.05) is 6.54 Å². The fourth-order valence-corrected chi connectivity index (χ4v) is 1.76. The van der Waals surface area contributed by atoms with Gasteiger partial charge in [0, 0.05) is 25.4 Å². The summed E-state index contributed by atoms with van der Waals surface area (Å²) in [6, 6.07) is 7.21. The van der Waals surface area contributed by atoms with Crippen LogP contribution < -0.4 is 11.1 Å². The average molecular weight is 441 g/mol. The van der Waals surface area contributed by atoms with Gasteiger partial charge in [-0.2, -0.15) is 0 Å². The van der Waals surface area contributed by atoms with Gasteiger partial charge in [-0.05, 0) is 49.1 Å². The van der Waals surface area contributed by atoms with E-state index in [1.807, 2.05) is 19.9 Å². The number of hydrogen-bond donors (Lipinski definition) is 2. The van der Waals surface area contributed by atoms with Crippen LogP contribution >= 0.6 is 0 Å². The summed E-state index contributed by atoms with van der Waals surface area (Å²) in [5.74, 6) is 0.520. The molecule has 0 aromatic heterocycles. The third-order valence-electron chi connectivity index (χ3n) is 3.88. The van der Waals surface area contributed by atoms with Crippen molar-refractivity contribution >= 4 is 11.4 Å². The summed E-state index contributed by atoms with van der Waals surface area (Å²) in [6.07, 6.45) is 7.20. The molecule has 0 aliphatic rings. The molecule has 0 heterocycles. The fraction of sp³-hybridized carbons (Fsp3) is 0.400. The Bertz CT molecular complexity index is 715. The lowest BCUT2D eigenvalue weighted by Gasteiger charge is -2.09. The van der Waals surface area contributed by atoms with Gasteiger partial charge in [0.25, 0.3) is 0 Å². The predicted molar refractivity (Wildman–Crippen MR) is 136 cm³/mol. The van der Waals surface area contributed by atoms with Crippen molar-refractivity contribution in [2.45, 2.75) is 54.9 Å². The Morgan fingerprint density at radius 1 is 1.26 bits per heavy atom. The van der Waals surface area contributed by atoms with Crippen LogP contribution in [0.25, 0.3) is 5.57 Å². The summed E-state index contributed by atoms with van der Waals surface area (Å²) in [5.41, 5.74) is 8.55. The normalized spacial score (nSPS) is 11.0. The number of allylic oxidation sites excluding steroid dienone is 4. The van der Waals surface area contributed by atoms with Gasteiger partial charge in [0.1, 0.15) is 5.83 Å². The first-order valence-corrected chi connectivity index (χ1v) is 10.2. The van der Waals surface area contributed by atoms with Crippen LogP contribution in [0.5, 0.6) is 0 Å². The Hall–Kier alpha value is -2.54. The van der Waals surface area contributed by atoms with Crippen molar-refractivity contribution in [3.8, 4) is 0 Å². The van der Waals surface area contributed by atoms with Gasteiger partial charge >= 0.3 is 0 Å². The molecule has 0 aliphatic heterocycles. The SMILES string of the molecule is C=C/C(=C\C(F)=C/C)N/C=C(\CN)c1cccc(C(C)=O)c1.CC.CCC(C)C.O.O.[HH]. The lowest BCUT2D eigenvalue weighted by atomic mass is 10.0. The number of nitrogens with one attached hydrogen (secondary N) is 1. The van der Waals surface area contributed by atoms with Crippen molar-refractivity contribution in [3.63, 3.8) is 0 Å². The number of ketones is 1. The molecule has 0 bridgehead atoms. The zero-order chi connectivity index (χ0) is 22.8. The fourth-order valence-electron chi connectivity index (χ4n) is 1.76. The van der Waals surface area contributed by atoms with E-state index in [0.717, 1.165) is 17.1 Å². The Morgan fingerprint density at radius 2 is 1.77 bits per heavy atom. The first-order valence-electron chi connectivity index (χ1n) is 10.2. The number of benzene rings is 1. The second-order valence-corrected chi connectivity index (χ2v) is 6.43. The summed E-state index contributed by atoms with van der Waals surface area (Å²) in [4.78, 5) is 11.4. The third-order valence-corrected chi connectivity index (χ3v) is 3.88. The van der Waals surface area contributed by atoms with E-state index < -0.39 is 0 Å². The molecular formula is C25H45FN2O3. The molecule has 0 atom stereocenters. The molecule has 0 saturated heterocycles. The molecule has 0 spiro atoms.